The van der Waals surface area contributed by atoms with Crippen LogP contribution in [-0.2, 0) is 4.74 Å². The van der Waals surface area contributed by atoms with Gasteiger partial charge < -0.3 is 20.3 Å². The van der Waals surface area contributed by atoms with E-state index in [1.807, 2.05) is 31.9 Å². The fourth-order valence-electron chi connectivity index (χ4n) is 1.30. The summed E-state index contributed by atoms with van der Waals surface area (Å²) in [6.45, 7) is 4.94. The second-order valence-electron chi connectivity index (χ2n) is 3.09. The molecule has 0 aromatic heterocycles. The van der Waals surface area contributed by atoms with Gasteiger partial charge in [0.25, 0.3) is 0 Å². The Labute approximate surface area is 84.3 Å². The molecule has 78 valence electrons. The molecule has 0 aromatic carbocycles. The van der Waals surface area contributed by atoms with Crippen LogP contribution >= 0.6 is 0 Å². The van der Waals surface area contributed by atoms with Crippen molar-refractivity contribution in [1.29, 1.82) is 5.26 Å². The van der Waals surface area contributed by atoms with Gasteiger partial charge in [-0.1, -0.05) is 0 Å². The number of ether oxygens (including phenoxy) is 1. The normalized spacial score (nSPS) is 20.4. The van der Waals surface area contributed by atoms with Gasteiger partial charge in [-0.25, -0.2) is 0 Å². The zero-order valence-corrected chi connectivity index (χ0v) is 8.79. The highest BCUT2D eigenvalue weighted by Gasteiger charge is 2.26. The van der Waals surface area contributed by atoms with Gasteiger partial charge in [-0.05, 0) is 13.8 Å². The van der Waals surface area contributed by atoms with E-state index in [0.717, 1.165) is 12.4 Å². The number of nitrogens with zero attached hydrogens (tertiary/aromatic N) is 2. The van der Waals surface area contributed by atoms with E-state index in [1.165, 1.54) is 0 Å². The predicted molar refractivity (Wildman–Crippen MR) is 52.6 cm³/mol. The molecule has 0 bridgehead atoms. The topological polar surface area (TPSA) is 60.3 Å². The Morgan fingerprint density at radius 3 is 3.00 bits per heavy atom. The van der Waals surface area contributed by atoms with E-state index >= 15 is 0 Å². The summed E-state index contributed by atoms with van der Waals surface area (Å²) in [6, 6.07) is 1.95. The number of rotatable bonds is 4. The van der Waals surface area contributed by atoms with Crippen molar-refractivity contribution in [3.8, 4) is 6.07 Å². The maximum absolute atomic E-state index is 8.44. The van der Waals surface area contributed by atoms with Gasteiger partial charge in [0, 0.05) is 13.6 Å². The highest BCUT2D eigenvalue weighted by molar-refractivity contribution is 5.11. The predicted octanol–water partition coefficient (Wildman–Crippen LogP) is 0.144. The molecular formula is C9H16N4O. The molecule has 5 heteroatoms. The third-order valence-electron chi connectivity index (χ3n) is 2.10. The maximum atomic E-state index is 8.44. The molecule has 0 amide bonds. The van der Waals surface area contributed by atoms with Crippen LogP contribution in [0, 0.1) is 11.3 Å². The lowest BCUT2D eigenvalue weighted by molar-refractivity contribution is 0.141. The first-order valence-electron chi connectivity index (χ1n) is 4.68. The zero-order valence-electron chi connectivity index (χ0n) is 8.79. The molecule has 1 aliphatic heterocycles. The van der Waals surface area contributed by atoms with Crippen molar-refractivity contribution in [1.82, 2.24) is 15.5 Å². The summed E-state index contributed by atoms with van der Waals surface area (Å²) in [5.74, 6) is 1.57. The average Bonchev–Trinajstić information content (AvgIpc) is 2.42. The van der Waals surface area contributed by atoms with Crippen LogP contribution in [0.4, 0.5) is 0 Å². The van der Waals surface area contributed by atoms with Crippen LogP contribution in [0.15, 0.2) is 11.7 Å². The summed E-state index contributed by atoms with van der Waals surface area (Å²) in [4.78, 5) is 1.95. The highest BCUT2D eigenvalue weighted by atomic mass is 16.5. The maximum Gasteiger partial charge on any atom is 0.233 e. The van der Waals surface area contributed by atoms with Crippen molar-refractivity contribution < 1.29 is 4.74 Å². The van der Waals surface area contributed by atoms with E-state index in [0.29, 0.717) is 5.88 Å². The van der Waals surface area contributed by atoms with E-state index in [9.17, 15) is 0 Å². The number of nitriles is 1. The molecule has 0 fully saturated rings. The minimum Gasteiger partial charge on any atom is -0.461 e. The van der Waals surface area contributed by atoms with E-state index in [-0.39, 0.29) is 12.8 Å². The molecule has 5 nitrogen and oxygen atoms in total. The number of hydrogen-bond acceptors (Lipinski definition) is 5. The van der Waals surface area contributed by atoms with Gasteiger partial charge in [0.05, 0.1) is 6.17 Å². The lowest BCUT2D eigenvalue weighted by Crippen LogP contribution is -2.33. The lowest BCUT2D eigenvalue weighted by Gasteiger charge is -2.19. The summed E-state index contributed by atoms with van der Waals surface area (Å²) < 4.78 is 5.32. The summed E-state index contributed by atoms with van der Waals surface area (Å²) in [5.41, 5.74) is 0. The van der Waals surface area contributed by atoms with Crippen LogP contribution in [-0.4, -0.2) is 31.3 Å². The fraction of sp³-hybridized carbons (Fsp3) is 0.667. The Morgan fingerprint density at radius 1 is 1.71 bits per heavy atom. The molecule has 2 N–H and O–H groups in total. The Balaban J connectivity index is 2.70. The molecule has 1 unspecified atom stereocenters. The molecule has 0 aromatic rings. The van der Waals surface area contributed by atoms with Gasteiger partial charge in [-0.15, -0.1) is 0 Å². The molecule has 1 heterocycles. The number of nitrogens with one attached hydrogen (secondary N) is 2. The number of hydrogen-bond donors (Lipinski definition) is 2. The van der Waals surface area contributed by atoms with Crippen molar-refractivity contribution in [3.05, 3.63) is 11.7 Å². The average molecular weight is 196 g/mol. The van der Waals surface area contributed by atoms with E-state index in [2.05, 4.69) is 10.6 Å². The van der Waals surface area contributed by atoms with Gasteiger partial charge in [-0.3, -0.25) is 0 Å². The molecule has 0 saturated heterocycles. The SMILES string of the molecule is CCNC1=C(OCC#N)N(C)C(C)N1. The minimum atomic E-state index is 0.0724. The molecule has 0 spiro atoms. The van der Waals surface area contributed by atoms with Crippen LogP contribution in [0.1, 0.15) is 13.8 Å². The van der Waals surface area contributed by atoms with Crippen molar-refractivity contribution in [2.45, 2.75) is 20.0 Å². The van der Waals surface area contributed by atoms with Crippen molar-refractivity contribution in [2.24, 2.45) is 0 Å². The summed E-state index contributed by atoms with van der Waals surface area (Å²) in [7, 11) is 1.93. The minimum absolute atomic E-state index is 0.0724. The largest absolute Gasteiger partial charge is 0.461 e. The Bertz CT molecular complexity index is 268. The standard InChI is InChI=1S/C9H16N4O/c1-4-11-8-9(14-6-5-10)13(3)7(2)12-8/h7,11-12H,4,6H2,1-3H3. The van der Waals surface area contributed by atoms with Crippen LogP contribution in [0.25, 0.3) is 0 Å². The molecule has 0 aliphatic carbocycles. The molecule has 1 aliphatic rings. The first kappa shape index (κ1) is 10.5. The second kappa shape index (κ2) is 4.61. The second-order valence-corrected chi connectivity index (χ2v) is 3.09. The van der Waals surface area contributed by atoms with Crippen LogP contribution in [0.3, 0.4) is 0 Å². The van der Waals surface area contributed by atoms with E-state index < -0.39 is 0 Å². The van der Waals surface area contributed by atoms with Crippen molar-refractivity contribution in [2.75, 3.05) is 20.2 Å². The molecule has 0 saturated carbocycles. The Kier molecular flexibility index (Phi) is 3.46. The van der Waals surface area contributed by atoms with Gasteiger partial charge in [0.2, 0.25) is 5.88 Å². The van der Waals surface area contributed by atoms with Gasteiger partial charge in [-0.2, -0.15) is 5.26 Å². The van der Waals surface area contributed by atoms with Crippen molar-refractivity contribution >= 4 is 0 Å². The molecular weight excluding hydrogens is 180 g/mol. The van der Waals surface area contributed by atoms with E-state index in [1.54, 1.807) is 0 Å². The van der Waals surface area contributed by atoms with E-state index in [4.69, 9.17) is 10.00 Å². The summed E-state index contributed by atoms with van der Waals surface area (Å²) in [6.07, 6.45) is 0.192. The zero-order chi connectivity index (χ0) is 10.6. The third-order valence-corrected chi connectivity index (χ3v) is 2.10. The van der Waals surface area contributed by atoms with Crippen LogP contribution < -0.4 is 10.6 Å². The van der Waals surface area contributed by atoms with Crippen LogP contribution in [0.2, 0.25) is 0 Å². The Hall–Kier alpha value is -1.57. The molecule has 0 radical (unpaired) electrons. The highest BCUT2D eigenvalue weighted by Crippen LogP contribution is 2.16. The fourth-order valence-corrected chi connectivity index (χ4v) is 1.30. The summed E-state index contributed by atoms with van der Waals surface area (Å²) >= 11 is 0. The summed E-state index contributed by atoms with van der Waals surface area (Å²) in [5, 5.41) is 14.8. The van der Waals surface area contributed by atoms with Gasteiger partial charge >= 0.3 is 0 Å². The quantitative estimate of drug-likeness (QED) is 0.670. The molecule has 1 rings (SSSR count). The third kappa shape index (κ3) is 2.02. The lowest BCUT2D eigenvalue weighted by atomic mass is 10.5. The van der Waals surface area contributed by atoms with Gasteiger partial charge in [0.15, 0.2) is 12.4 Å². The van der Waals surface area contributed by atoms with Crippen molar-refractivity contribution in [3.63, 3.8) is 0 Å². The first-order valence-corrected chi connectivity index (χ1v) is 4.68. The Morgan fingerprint density at radius 2 is 2.43 bits per heavy atom. The smallest absolute Gasteiger partial charge is 0.233 e. The molecule has 1 atom stereocenters. The first-order chi connectivity index (χ1) is 6.70. The molecule has 14 heavy (non-hydrogen) atoms. The van der Waals surface area contributed by atoms with Gasteiger partial charge in [0.1, 0.15) is 6.07 Å². The van der Waals surface area contributed by atoms with Crippen LogP contribution in [0.5, 0.6) is 0 Å². The monoisotopic (exact) mass is 196 g/mol.